The third kappa shape index (κ3) is 3.14. The molecular formula is C19H17BrN2O4. The molecule has 2 heterocycles. The molecule has 26 heavy (non-hydrogen) atoms. The van der Waals surface area contributed by atoms with Gasteiger partial charge >= 0.3 is 0 Å². The summed E-state index contributed by atoms with van der Waals surface area (Å²) in [7, 11) is 0. The first-order valence-electron chi connectivity index (χ1n) is 8.28. The maximum atomic E-state index is 12.6. The van der Waals surface area contributed by atoms with Crippen LogP contribution in [0.25, 0.3) is 0 Å². The molecule has 7 heteroatoms. The van der Waals surface area contributed by atoms with Gasteiger partial charge in [-0.1, -0.05) is 6.07 Å². The predicted molar refractivity (Wildman–Crippen MR) is 101 cm³/mol. The summed E-state index contributed by atoms with van der Waals surface area (Å²) in [5.74, 6) is 0.643. The Labute approximate surface area is 159 Å². The maximum absolute atomic E-state index is 12.6. The Kier molecular flexibility index (Phi) is 4.32. The summed E-state index contributed by atoms with van der Waals surface area (Å²) in [6, 6.07) is 11.1. The van der Waals surface area contributed by atoms with Crippen LogP contribution in [0.4, 0.5) is 11.4 Å². The van der Waals surface area contributed by atoms with Gasteiger partial charge in [0.15, 0.2) is 11.5 Å². The average Bonchev–Trinajstić information content (AvgIpc) is 3.23. The number of hydrogen-bond acceptors (Lipinski definition) is 4. The molecule has 134 valence electrons. The molecule has 0 spiro atoms. The normalized spacial score (nSPS) is 18.3. The third-order valence-electron chi connectivity index (χ3n) is 4.55. The molecule has 2 aliphatic heterocycles. The lowest BCUT2D eigenvalue weighted by atomic mass is 10.1. The number of rotatable bonds is 3. The van der Waals surface area contributed by atoms with Gasteiger partial charge in [-0.15, -0.1) is 0 Å². The summed E-state index contributed by atoms with van der Waals surface area (Å²) in [6.07, 6.45) is 0.184. The second-order valence-electron chi connectivity index (χ2n) is 6.42. The highest BCUT2D eigenvalue weighted by molar-refractivity contribution is 9.10. The second-order valence-corrected chi connectivity index (χ2v) is 7.27. The molecule has 0 saturated carbocycles. The maximum Gasteiger partial charge on any atom is 0.231 e. The van der Waals surface area contributed by atoms with Crippen molar-refractivity contribution in [3.05, 3.63) is 46.4 Å². The van der Waals surface area contributed by atoms with E-state index < -0.39 is 5.92 Å². The lowest BCUT2D eigenvalue weighted by molar-refractivity contribution is -0.122. The predicted octanol–water partition coefficient (Wildman–Crippen LogP) is 3.48. The van der Waals surface area contributed by atoms with Crippen LogP contribution in [-0.2, 0) is 9.59 Å². The van der Waals surface area contributed by atoms with Crippen LogP contribution in [0, 0.1) is 12.8 Å². The van der Waals surface area contributed by atoms with Crippen LogP contribution >= 0.6 is 15.9 Å². The zero-order valence-corrected chi connectivity index (χ0v) is 15.7. The van der Waals surface area contributed by atoms with Gasteiger partial charge < -0.3 is 19.7 Å². The number of benzene rings is 2. The number of aryl methyl sites for hydroxylation is 1. The van der Waals surface area contributed by atoms with Gasteiger partial charge in [-0.25, -0.2) is 0 Å². The average molecular weight is 417 g/mol. The highest BCUT2D eigenvalue weighted by Crippen LogP contribution is 2.37. The molecule has 0 unspecified atom stereocenters. The van der Waals surface area contributed by atoms with Gasteiger partial charge in [-0.3, -0.25) is 9.59 Å². The van der Waals surface area contributed by atoms with Crippen molar-refractivity contribution in [1.82, 2.24) is 0 Å². The monoisotopic (exact) mass is 416 g/mol. The standard InChI is InChI=1S/C19H17BrN2O4/c1-11-2-4-15(14(20)6-11)21-19(24)12-7-18(23)22(9-12)13-3-5-16-17(8-13)26-10-25-16/h2-6,8,12H,7,9-10H2,1H3,(H,21,24)/t12-/m0/s1. The van der Waals surface area contributed by atoms with E-state index in [0.29, 0.717) is 29.4 Å². The Morgan fingerprint density at radius 1 is 1.19 bits per heavy atom. The van der Waals surface area contributed by atoms with E-state index in [-0.39, 0.29) is 25.0 Å². The summed E-state index contributed by atoms with van der Waals surface area (Å²) in [5, 5.41) is 2.90. The number of ether oxygens (including phenoxy) is 2. The zero-order chi connectivity index (χ0) is 18.3. The highest BCUT2D eigenvalue weighted by atomic mass is 79.9. The molecule has 0 aliphatic carbocycles. The Morgan fingerprint density at radius 2 is 2.00 bits per heavy atom. The largest absolute Gasteiger partial charge is 0.454 e. The van der Waals surface area contributed by atoms with Crippen molar-refractivity contribution in [2.75, 3.05) is 23.6 Å². The molecule has 2 aromatic carbocycles. The lowest BCUT2D eigenvalue weighted by Crippen LogP contribution is -2.28. The van der Waals surface area contributed by atoms with E-state index in [1.807, 2.05) is 31.2 Å². The van der Waals surface area contributed by atoms with E-state index in [4.69, 9.17) is 9.47 Å². The molecule has 1 N–H and O–H groups in total. The smallest absolute Gasteiger partial charge is 0.231 e. The van der Waals surface area contributed by atoms with Crippen LogP contribution in [0.5, 0.6) is 11.5 Å². The van der Waals surface area contributed by atoms with E-state index in [1.54, 1.807) is 17.0 Å². The summed E-state index contributed by atoms with van der Waals surface area (Å²) in [6.45, 7) is 2.51. The number of halogens is 1. The van der Waals surface area contributed by atoms with Crippen molar-refractivity contribution in [2.45, 2.75) is 13.3 Å². The molecule has 1 saturated heterocycles. The van der Waals surface area contributed by atoms with E-state index in [0.717, 1.165) is 10.0 Å². The molecule has 0 aromatic heterocycles. The molecule has 1 atom stereocenters. The van der Waals surface area contributed by atoms with Crippen molar-refractivity contribution in [3.63, 3.8) is 0 Å². The van der Waals surface area contributed by atoms with Crippen LogP contribution in [0.2, 0.25) is 0 Å². The van der Waals surface area contributed by atoms with Gasteiger partial charge in [-0.2, -0.15) is 0 Å². The van der Waals surface area contributed by atoms with E-state index in [1.165, 1.54) is 0 Å². The van der Waals surface area contributed by atoms with Crippen LogP contribution in [0.3, 0.4) is 0 Å². The first kappa shape index (κ1) is 16.9. The summed E-state index contributed by atoms with van der Waals surface area (Å²) in [5.41, 5.74) is 2.51. The van der Waals surface area contributed by atoms with Crippen LogP contribution in [-0.4, -0.2) is 25.2 Å². The number of hydrogen-bond donors (Lipinski definition) is 1. The van der Waals surface area contributed by atoms with Crippen LogP contribution < -0.4 is 19.7 Å². The summed E-state index contributed by atoms with van der Waals surface area (Å²) >= 11 is 3.46. The lowest BCUT2D eigenvalue weighted by Gasteiger charge is -2.17. The first-order chi connectivity index (χ1) is 12.5. The van der Waals surface area contributed by atoms with Crippen molar-refractivity contribution in [3.8, 4) is 11.5 Å². The van der Waals surface area contributed by atoms with Crippen molar-refractivity contribution in [2.24, 2.45) is 5.92 Å². The molecule has 0 bridgehead atoms. The summed E-state index contributed by atoms with van der Waals surface area (Å²) < 4.78 is 11.5. The fourth-order valence-electron chi connectivity index (χ4n) is 3.14. The fourth-order valence-corrected chi connectivity index (χ4v) is 3.73. The Bertz CT molecular complexity index is 899. The minimum Gasteiger partial charge on any atom is -0.454 e. The zero-order valence-electron chi connectivity index (χ0n) is 14.1. The van der Waals surface area contributed by atoms with Crippen molar-refractivity contribution in [1.29, 1.82) is 0 Å². The Morgan fingerprint density at radius 3 is 2.81 bits per heavy atom. The number of nitrogens with zero attached hydrogens (tertiary/aromatic N) is 1. The SMILES string of the molecule is Cc1ccc(NC(=O)[C@H]2CC(=O)N(c3ccc4c(c3)OCO4)C2)c(Br)c1. The van der Waals surface area contributed by atoms with Gasteiger partial charge in [-0.05, 0) is 52.7 Å². The van der Waals surface area contributed by atoms with Gasteiger partial charge in [0, 0.05) is 29.2 Å². The topological polar surface area (TPSA) is 67.9 Å². The molecule has 4 rings (SSSR count). The van der Waals surface area contributed by atoms with E-state index >= 15 is 0 Å². The fraction of sp³-hybridized carbons (Fsp3) is 0.263. The molecular weight excluding hydrogens is 400 g/mol. The van der Waals surface area contributed by atoms with Gasteiger partial charge in [0.2, 0.25) is 18.6 Å². The molecule has 2 aliphatic rings. The molecule has 1 fully saturated rings. The Hall–Kier alpha value is -2.54. The first-order valence-corrected chi connectivity index (χ1v) is 9.07. The number of carbonyl (C=O) groups is 2. The summed E-state index contributed by atoms with van der Waals surface area (Å²) in [4.78, 5) is 26.6. The molecule has 0 radical (unpaired) electrons. The molecule has 6 nitrogen and oxygen atoms in total. The minimum atomic E-state index is -0.402. The Balaban J connectivity index is 1.48. The van der Waals surface area contributed by atoms with Crippen LogP contribution in [0.1, 0.15) is 12.0 Å². The van der Waals surface area contributed by atoms with E-state index in [9.17, 15) is 9.59 Å². The second kappa shape index (κ2) is 6.64. The van der Waals surface area contributed by atoms with Gasteiger partial charge in [0.25, 0.3) is 0 Å². The highest BCUT2D eigenvalue weighted by Gasteiger charge is 2.35. The van der Waals surface area contributed by atoms with Gasteiger partial charge in [0.05, 0.1) is 11.6 Å². The van der Waals surface area contributed by atoms with Crippen molar-refractivity contribution >= 4 is 39.1 Å². The third-order valence-corrected chi connectivity index (χ3v) is 5.20. The number of nitrogens with one attached hydrogen (secondary N) is 1. The molecule has 2 amide bonds. The molecule has 2 aromatic rings. The van der Waals surface area contributed by atoms with Crippen LogP contribution in [0.15, 0.2) is 40.9 Å². The number of anilines is 2. The number of carbonyl (C=O) groups excluding carboxylic acids is 2. The minimum absolute atomic E-state index is 0.0769. The van der Waals surface area contributed by atoms with E-state index in [2.05, 4.69) is 21.2 Å². The quantitative estimate of drug-likeness (QED) is 0.831. The van der Waals surface area contributed by atoms with Crippen molar-refractivity contribution < 1.29 is 19.1 Å². The van der Waals surface area contributed by atoms with Gasteiger partial charge in [0.1, 0.15) is 0 Å². The number of fused-ring (bicyclic) bond motifs is 1. The number of amides is 2.